The Hall–Kier alpha value is -0.653. The average Bonchev–Trinajstić information content (AvgIpc) is 2.35. The van der Waals surface area contributed by atoms with Gasteiger partial charge in [-0.3, -0.25) is 0 Å². The molecule has 0 radical (unpaired) electrons. The summed E-state index contributed by atoms with van der Waals surface area (Å²) in [5, 5.41) is 0.426. The molecule has 0 aliphatic heterocycles. The Bertz CT molecular complexity index is 492. The van der Waals surface area contributed by atoms with Crippen molar-refractivity contribution in [3.63, 3.8) is 0 Å². The minimum atomic E-state index is -2.29. The molecule has 0 spiro atoms. The lowest BCUT2D eigenvalue weighted by Crippen LogP contribution is -2.40. The molecule has 0 aliphatic carbocycles. The van der Waals surface area contributed by atoms with Crippen molar-refractivity contribution in [2.24, 2.45) is 0 Å². The van der Waals surface area contributed by atoms with Crippen molar-refractivity contribution in [3.8, 4) is 0 Å². The zero-order chi connectivity index (χ0) is 15.6. The molecule has 0 aromatic heterocycles. The first-order valence-electron chi connectivity index (χ1n) is 6.61. The third kappa shape index (κ3) is 3.71. The second-order valence-corrected chi connectivity index (χ2v) is 11.2. The number of carbonyl (C=O) groups is 1. The van der Waals surface area contributed by atoms with E-state index in [1.165, 1.54) is 7.11 Å². The molecule has 0 aliphatic rings. The van der Waals surface area contributed by atoms with Crippen molar-refractivity contribution in [3.05, 3.63) is 34.9 Å². The first kappa shape index (κ1) is 17.4. The number of carbonyl (C=O) groups excluding carboxylic acids is 1. The number of hydrogen-bond acceptors (Lipinski definition) is 3. The number of alkyl halides is 1. The van der Waals surface area contributed by atoms with Crippen LogP contribution in [0.2, 0.25) is 18.1 Å². The van der Waals surface area contributed by atoms with Gasteiger partial charge in [0.2, 0.25) is 0 Å². The van der Waals surface area contributed by atoms with Crippen LogP contribution in [0.1, 0.15) is 35.3 Å². The SMILES string of the molecule is COC(=O)c1cccc(CC(C)(C)[Si](C)(C)O)c1CBr. The molecule has 3 nitrogen and oxygen atoms in total. The lowest BCUT2D eigenvalue weighted by Gasteiger charge is -2.35. The van der Waals surface area contributed by atoms with Crippen LogP contribution in [0, 0.1) is 0 Å². The van der Waals surface area contributed by atoms with E-state index in [-0.39, 0.29) is 11.0 Å². The summed E-state index contributed by atoms with van der Waals surface area (Å²) in [6.07, 6.45) is 0.745. The van der Waals surface area contributed by atoms with E-state index >= 15 is 0 Å². The second kappa shape index (κ2) is 6.41. The van der Waals surface area contributed by atoms with Gasteiger partial charge in [-0.1, -0.05) is 41.9 Å². The Morgan fingerprint density at radius 3 is 2.45 bits per heavy atom. The molecule has 5 heteroatoms. The van der Waals surface area contributed by atoms with E-state index in [2.05, 4.69) is 29.8 Å². The number of ether oxygens (including phenoxy) is 1. The van der Waals surface area contributed by atoms with Crippen molar-refractivity contribution < 1.29 is 14.3 Å². The highest BCUT2D eigenvalue weighted by Gasteiger charge is 2.38. The van der Waals surface area contributed by atoms with Crippen LogP contribution in [0.25, 0.3) is 0 Å². The number of methoxy groups -OCH3 is 1. The average molecular weight is 359 g/mol. The molecule has 0 amide bonds. The Kier molecular flexibility index (Phi) is 5.58. The van der Waals surface area contributed by atoms with E-state index in [1.54, 1.807) is 6.07 Å². The van der Waals surface area contributed by atoms with Crippen LogP contribution in [-0.4, -0.2) is 26.2 Å². The highest BCUT2D eigenvalue weighted by Crippen LogP contribution is 2.40. The second-order valence-electron chi connectivity index (χ2n) is 6.19. The van der Waals surface area contributed by atoms with Crippen molar-refractivity contribution in [1.29, 1.82) is 0 Å². The van der Waals surface area contributed by atoms with Crippen LogP contribution < -0.4 is 0 Å². The largest absolute Gasteiger partial charge is 0.465 e. The van der Waals surface area contributed by atoms with E-state index in [1.807, 2.05) is 25.2 Å². The molecule has 0 unspecified atom stereocenters. The predicted octanol–water partition coefficient (Wildman–Crippen LogP) is 3.89. The summed E-state index contributed by atoms with van der Waals surface area (Å²) in [5.41, 5.74) is 2.63. The lowest BCUT2D eigenvalue weighted by atomic mass is 9.94. The van der Waals surface area contributed by atoms with E-state index in [4.69, 9.17) is 4.74 Å². The minimum Gasteiger partial charge on any atom is -0.465 e. The Balaban J connectivity index is 3.23. The number of hydrogen-bond donors (Lipinski definition) is 1. The first-order chi connectivity index (χ1) is 9.14. The molecule has 20 heavy (non-hydrogen) atoms. The van der Waals surface area contributed by atoms with Gasteiger partial charge in [-0.2, -0.15) is 0 Å². The van der Waals surface area contributed by atoms with Gasteiger partial charge in [-0.05, 0) is 41.7 Å². The predicted molar refractivity (Wildman–Crippen MR) is 87.9 cm³/mol. The minimum absolute atomic E-state index is 0.168. The summed E-state index contributed by atoms with van der Waals surface area (Å²) in [7, 11) is -0.898. The maximum atomic E-state index is 11.8. The molecule has 1 rings (SSSR count). The van der Waals surface area contributed by atoms with Gasteiger partial charge in [0.05, 0.1) is 12.7 Å². The number of rotatable bonds is 5. The van der Waals surface area contributed by atoms with Crippen LogP contribution in [0.5, 0.6) is 0 Å². The molecular formula is C15H23BrO3Si. The molecule has 0 atom stereocenters. The van der Waals surface area contributed by atoms with Crippen molar-refractivity contribution in [2.45, 2.75) is 43.7 Å². The van der Waals surface area contributed by atoms with E-state index in [9.17, 15) is 9.59 Å². The highest BCUT2D eigenvalue weighted by molar-refractivity contribution is 9.08. The standard InChI is InChI=1S/C15H23BrO3Si/c1-15(2,20(4,5)18)9-11-7-6-8-12(13(11)10-16)14(17)19-3/h6-8,18H,9-10H2,1-5H3. The maximum absolute atomic E-state index is 11.8. The molecule has 0 heterocycles. The summed E-state index contributed by atoms with van der Waals surface area (Å²) in [6.45, 7) is 8.07. The molecule has 0 saturated heterocycles. The van der Waals surface area contributed by atoms with Crippen LogP contribution in [-0.2, 0) is 16.5 Å². The maximum Gasteiger partial charge on any atom is 0.338 e. The Labute approximate surface area is 130 Å². The molecule has 0 saturated carbocycles. The van der Waals surface area contributed by atoms with Crippen molar-refractivity contribution >= 4 is 30.2 Å². The normalized spacial score (nSPS) is 12.3. The molecule has 112 valence electrons. The summed E-state index contributed by atoms with van der Waals surface area (Å²) >= 11 is 3.46. The van der Waals surface area contributed by atoms with Gasteiger partial charge in [-0.25, -0.2) is 4.79 Å². The lowest BCUT2D eigenvalue weighted by molar-refractivity contribution is 0.0599. The topological polar surface area (TPSA) is 46.5 Å². The quantitative estimate of drug-likeness (QED) is 0.493. The fraction of sp³-hybridized carbons (Fsp3) is 0.533. The third-order valence-electron chi connectivity index (χ3n) is 4.10. The molecule has 1 N–H and O–H groups in total. The van der Waals surface area contributed by atoms with E-state index < -0.39 is 8.32 Å². The molecule has 1 aromatic rings. The van der Waals surface area contributed by atoms with E-state index in [0.717, 1.165) is 17.5 Å². The molecular weight excluding hydrogens is 336 g/mol. The Morgan fingerprint density at radius 1 is 1.40 bits per heavy atom. The zero-order valence-corrected chi connectivity index (χ0v) is 15.4. The van der Waals surface area contributed by atoms with Gasteiger partial charge in [0.15, 0.2) is 8.32 Å². The van der Waals surface area contributed by atoms with Crippen LogP contribution in [0.4, 0.5) is 0 Å². The Morgan fingerprint density at radius 2 is 2.00 bits per heavy atom. The third-order valence-corrected chi connectivity index (χ3v) is 8.15. The van der Waals surface area contributed by atoms with Crippen molar-refractivity contribution in [2.75, 3.05) is 7.11 Å². The zero-order valence-electron chi connectivity index (χ0n) is 12.8. The highest BCUT2D eigenvalue weighted by atomic mass is 79.9. The monoisotopic (exact) mass is 358 g/mol. The summed E-state index contributed by atoms with van der Waals surface area (Å²) < 4.78 is 4.83. The van der Waals surface area contributed by atoms with E-state index in [0.29, 0.717) is 10.9 Å². The summed E-state index contributed by atoms with van der Waals surface area (Å²) in [4.78, 5) is 22.3. The smallest absolute Gasteiger partial charge is 0.338 e. The van der Waals surface area contributed by atoms with Crippen molar-refractivity contribution in [1.82, 2.24) is 0 Å². The number of benzene rings is 1. The molecule has 0 bridgehead atoms. The molecule has 1 aromatic carbocycles. The summed E-state index contributed by atoms with van der Waals surface area (Å²) in [5.74, 6) is -0.320. The van der Waals surface area contributed by atoms with Crippen LogP contribution >= 0.6 is 15.9 Å². The fourth-order valence-corrected chi connectivity index (χ4v) is 3.24. The van der Waals surface area contributed by atoms with Crippen LogP contribution in [0.3, 0.4) is 0 Å². The van der Waals surface area contributed by atoms with Crippen LogP contribution in [0.15, 0.2) is 18.2 Å². The fourth-order valence-electron chi connectivity index (χ4n) is 1.95. The first-order valence-corrected chi connectivity index (χ1v) is 10.7. The van der Waals surface area contributed by atoms with Gasteiger partial charge >= 0.3 is 5.97 Å². The van der Waals surface area contributed by atoms with Gasteiger partial charge in [0.1, 0.15) is 0 Å². The van der Waals surface area contributed by atoms with Gasteiger partial charge in [0.25, 0.3) is 0 Å². The van der Waals surface area contributed by atoms with Gasteiger partial charge in [-0.15, -0.1) is 0 Å². The van der Waals surface area contributed by atoms with Gasteiger partial charge < -0.3 is 9.53 Å². The summed E-state index contributed by atoms with van der Waals surface area (Å²) in [6, 6.07) is 5.67. The molecule has 0 fully saturated rings. The number of halogens is 1. The number of esters is 1. The van der Waals surface area contributed by atoms with Gasteiger partial charge in [0, 0.05) is 5.33 Å².